The van der Waals surface area contributed by atoms with Crippen molar-refractivity contribution in [2.24, 2.45) is 0 Å². The first-order valence-corrected chi connectivity index (χ1v) is 10.6. The lowest BCUT2D eigenvalue weighted by atomic mass is 10.0. The van der Waals surface area contributed by atoms with Gasteiger partial charge in [0.2, 0.25) is 0 Å². The largest absolute Gasteiger partial charge is 0.497 e. The zero-order valence-corrected chi connectivity index (χ0v) is 18.1. The van der Waals surface area contributed by atoms with Crippen LogP contribution in [0.2, 0.25) is 10.0 Å². The molecule has 0 aliphatic rings. The van der Waals surface area contributed by atoms with Gasteiger partial charge in [0.25, 0.3) is 0 Å². The molecule has 2 rings (SSSR count). The number of carbonyl (C=O) groups is 1. The van der Waals surface area contributed by atoms with E-state index in [1.165, 1.54) is 19.3 Å². The van der Waals surface area contributed by atoms with E-state index >= 15 is 0 Å². The zero-order chi connectivity index (χ0) is 20.4. The molecule has 0 heterocycles. The first-order chi connectivity index (χ1) is 13.5. The maximum Gasteiger partial charge on any atom is 0.306 e. The van der Waals surface area contributed by atoms with Gasteiger partial charge in [-0.25, -0.2) is 0 Å². The first-order valence-electron chi connectivity index (χ1n) is 9.83. The monoisotopic (exact) mass is 422 g/mol. The fourth-order valence-corrected chi connectivity index (χ4v) is 3.55. The topological polar surface area (TPSA) is 35.5 Å². The van der Waals surface area contributed by atoms with Crippen LogP contribution in [0.5, 0.6) is 5.75 Å². The van der Waals surface area contributed by atoms with Crippen LogP contribution in [0.15, 0.2) is 42.5 Å². The maximum atomic E-state index is 12.5. The van der Waals surface area contributed by atoms with Crippen LogP contribution in [0, 0.1) is 0 Å². The van der Waals surface area contributed by atoms with E-state index in [2.05, 4.69) is 6.92 Å². The lowest BCUT2D eigenvalue weighted by Gasteiger charge is -2.20. The molecule has 3 nitrogen and oxygen atoms in total. The Hall–Kier alpha value is -1.71. The Kier molecular flexibility index (Phi) is 9.66. The second kappa shape index (κ2) is 12.0. The van der Waals surface area contributed by atoms with E-state index in [0.717, 1.165) is 30.6 Å². The smallest absolute Gasteiger partial charge is 0.306 e. The summed E-state index contributed by atoms with van der Waals surface area (Å²) in [4.78, 5) is 12.5. The molecule has 0 aliphatic carbocycles. The summed E-state index contributed by atoms with van der Waals surface area (Å²) >= 11 is 12.4. The number of rotatable bonds is 11. The summed E-state index contributed by atoms with van der Waals surface area (Å²) in [5.74, 6) is 0.519. The Balaban J connectivity index is 2.09. The van der Waals surface area contributed by atoms with E-state index < -0.39 is 6.10 Å². The van der Waals surface area contributed by atoms with Crippen LogP contribution in [-0.2, 0) is 9.53 Å². The lowest BCUT2D eigenvalue weighted by molar-refractivity contribution is -0.147. The van der Waals surface area contributed by atoms with Crippen molar-refractivity contribution in [3.05, 3.63) is 63.6 Å². The molecule has 2 aromatic carbocycles. The van der Waals surface area contributed by atoms with Gasteiger partial charge in [0.05, 0.1) is 7.11 Å². The average Bonchev–Trinajstić information content (AvgIpc) is 2.69. The molecule has 0 aromatic heterocycles. The normalized spacial score (nSPS) is 11.9. The molecule has 0 saturated heterocycles. The SMILES string of the molecule is CCCCCCCCC(=O)O[C@H](c1ccc(OC)cc1)c1ccc(Cl)cc1Cl. The molecule has 152 valence electrons. The van der Waals surface area contributed by atoms with Crippen LogP contribution >= 0.6 is 23.2 Å². The van der Waals surface area contributed by atoms with Crippen LogP contribution in [-0.4, -0.2) is 13.1 Å². The molecule has 0 N–H and O–H groups in total. The number of carbonyl (C=O) groups excluding carboxylic acids is 1. The average molecular weight is 423 g/mol. The molecule has 0 radical (unpaired) electrons. The molecule has 0 unspecified atom stereocenters. The highest BCUT2D eigenvalue weighted by molar-refractivity contribution is 6.35. The number of hydrogen-bond acceptors (Lipinski definition) is 3. The quantitative estimate of drug-likeness (QED) is 0.279. The van der Waals surface area contributed by atoms with Gasteiger partial charge >= 0.3 is 5.97 Å². The second-order valence-corrected chi connectivity index (χ2v) is 7.67. The molecule has 0 bridgehead atoms. The number of ether oxygens (including phenoxy) is 2. The number of halogens is 2. The molecule has 1 atom stereocenters. The molecule has 0 saturated carbocycles. The van der Waals surface area contributed by atoms with Gasteiger partial charge in [0.1, 0.15) is 5.75 Å². The molecule has 0 spiro atoms. The third-order valence-electron chi connectivity index (χ3n) is 4.65. The highest BCUT2D eigenvalue weighted by Gasteiger charge is 2.22. The standard InChI is InChI=1S/C23H28Cl2O3/c1-3-4-5-6-7-8-9-22(26)28-23(17-10-13-19(27-2)14-11-17)20-15-12-18(24)16-21(20)25/h10-16,23H,3-9H2,1-2H3/t23-/m1/s1. The van der Waals surface area contributed by atoms with Crippen LogP contribution in [0.3, 0.4) is 0 Å². The van der Waals surface area contributed by atoms with Crippen molar-refractivity contribution in [3.8, 4) is 5.75 Å². The number of benzene rings is 2. The van der Waals surface area contributed by atoms with Gasteiger partial charge in [0, 0.05) is 22.0 Å². The van der Waals surface area contributed by atoms with Crippen LogP contribution in [0.4, 0.5) is 0 Å². The van der Waals surface area contributed by atoms with Crippen molar-refractivity contribution in [3.63, 3.8) is 0 Å². The summed E-state index contributed by atoms with van der Waals surface area (Å²) in [7, 11) is 1.61. The number of esters is 1. The Morgan fingerprint density at radius 2 is 1.64 bits per heavy atom. The predicted octanol–water partition coefficient (Wildman–Crippen LogP) is 7.39. The molecular formula is C23H28Cl2O3. The van der Waals surface area contributed by atoms with Gasteiger partial charge in [-0.1, -0.05) is 80.4 Å². The molecule has 2 aromatic rings. The Labute approximate surface area is 177 Å². The highest BCUT2D eigenvalue weighted by atomic mass is 35.5. The fraction of sp³-hybridized carbons (Fsp3) is 0.435. The number of methoxy groups -OCH3 is 1. The summed E-state index contributed by atoms with van der Waals surface area (Å²) in [5.41, 5.74) is 1.55. The zero-order valence-electron chi connectivity index (χ0n) is 16.5. The van der Waals surface area contributed by atoms with E-state index in [0.29, 0.717) is 22.0 Å². The molecular weight excluding hydrogens is 395 g/mol. The minimum absolute atomic E-state index is 0.220. The van der Waals surface area contributed by atoms with Crippen molar-refractivity contribution in [1.29, 1.82) is 0 Å². The van der Waals surface area contributed by atoms with Crippen molar-refractivity contribution < 1.29 is 14.3 Å². The maximum absolute atomic E-state index is 12.5. The van der Waals surface area contributed by atoms with Crippen LogP contribution in [0.1, 0.15) is 69.1 Å². The van der Waals surface area contributed by atoms with E-state index in [4.69, 9.17) is 32.7 Å². The van der Waals surface area contributed by atoms with E-state index in [1.807, 2.05) is 24.3 Å². The molecule has 28 heavy (non-hydrogen) atoms. The first kappa shape index (κ1) is 22.6. The molecule has 0 amide bonds. The minimum Gasteiger partial charge on any atom is -0.497 e. The second-order valence-electron chi connectivity index (χ2n) is 6.83. The van der Waals surface area contributed by atoms with Crippen LogP contribution < -0.4 is 4.74 Å². The van der Waals surface area contributed by atoms with Gasteiger partial charge in [-0.15, -0.1) is 0 Å². The number of unbranched alkanes of at least 4 members (excludes halogenated alkanes) is 5. The van der Waals surface area contributed by atoms with E-state index in [1.54, 1.807) is 25.3 Å². The van der Waals surface area contributed by atoms with Crippen LogP contribution in [0.25, 0.3) is 0 Å². The van der Waals surface area contributed by atoms with Gasteiger partial charge < -0.3 is 9.47 Å². The summed E-state index contributed by atoms with van der Waals surface area (Å²) in [6.45, 7) is 2.19. The molecule has 5 heteroatoms. The number of hydrogen-bond donors (Lipinski definition) is 0. The van der Waals surface area contributed by atoms with Gasteiger partial charge in [-0.05, 0) is 36.2 Å². The Bertz CT molecular complexity index is 744. The minimum atomic E-state index is -0.580. The molecule has 0 fully saturated rings. The summed E-state index contributed by atoms with van der Waals surface area (Å²) in [6.07, 6.45) is 6.56. The Morgan fingerprint density at radius 3 is 2.29 bits per heavy atom. The Morgan fingerprint density at radius 1 is 0.964 bits per heavy atom. The van der Waals surface area contributed by atoms with E-state index in [-0.39, 0.29) is 5.97 Å². The van der Waals surface area contributed by atoms with Crippen molar-refractivity contribution in [2.75, 3.05) is 7.11 Å². The van der Waals surface area contributed by atoms with Crippen molar-refractivity contribution in [2.45, 2.75) is 58.0 Å². The highest BCUT2D eigenvalue weighted by Crippen LogP contribution is 2.34. The predicted molar refractivity (Wildman–Crippen MR) is 115 cm³/mol. The fourth-order valence-electron chi connectivity index (χ4n) is 3.04. The summed E-state index contributed by atoms with van der Waals surface area (Å²) in [5, 5.41) is 1.02. The van der Waals surface area contributed by atoms with E-state index in [9.17, 15) is 4.79 Å². The third-order valence-corrected chi connectivity index (χ3v) is 5.21. The van der Waals surface area contributed by atoms with Gasteiger partial charge in [-0.3, -0.25) is 4.79 Å². The van der Waals surface area contributed by atoms with Gasteiger partial charge in [-0.2, -0.15) is 0 Å². The lowest BCUT2D eigenvalue weighted by Crippen LogP contribution is -2.13. The summed E-state index contributed by atoms with van der Waals surface area (Å²) < 4.78 is 11.1. The van der Waals surface area contributed by atoms with Crippen molar-refractivity contribution in [1.82, 2.24) is 0 Å². The third kappa shape index (κ3) is 7.03. The molecule has 0 aliphatic heterocycles. The van der Waals surface area contributed by atoms with Gasteiger partial charge in [0.15, 0.2) is 6.10 Å². The summed E-state index contributed by atoms with van der Waals surface area (Å²) in [6, 6.07) is 12.7. The van der Waals surface area contributed by atoms with Crippen molar-refractivity contribution >= 4 is 29.2 Å².